The van der Waals surface area contributed by atoms with Crippen molar-refractivity contribution in [3.05, 3.63) is 29.8 Å². The number of likely N-dealkylation sites (tertiary alicyclic amines) is 1. The summed E-state index contributed by atoms with van der Waals surface area (Å²) in [5.74, 6) is 0.732. The standard InChI is InChI=1S/C20H30N2O4/c1-4-25-14-6-13-21-19(24)20(3)12-11-18(23)22(20)15-16-7-9-17(10-8-16)26-5-2/h7-10H,4-6,11-15H2,1-3H3,(H,21,24)/t20-/m1/s1. The number of carbonyl (C=O) groups is 2. The number of benzene rings is 1. The summed E-state index contributed by atoms with van der Waals surface area (Å²) in [7, 11) is 0. The van der Waals surface area contributed by atoms with E-state index in [9.17, 15) is 9.59 Å². The van der Waals surface area contributed by atoms with Gasteiger partial charge in [-0.1, -0.05) is 12.1 Å². The topological polar surface area (TPSA) is 67.9 Å². The van der Waals surface area contributed by atoms with Crippen molar-refractivity contribution in [1.82, 2.24) is 10.2 Å². The highest BCUT2D eigenvalue weighted by molar-refractivity contribution is 5.94. The van der Waals surface area contributed by atoms with Crippen molar-refractivity contribution in [3.8, 4) is 5.75 Å². The summed E-state index contributed by atoms with van der Waals surface area (Å²) >= 11 is 0. The predicted octanol–water partition coefficient (Wildman–Crippen LogP) is 2.51. The quantitative estimate of drug-likeness (QED) is 0.650. The van der Waals surface area contributed by atoms with Crippen molar-refractivity contribution in [1.29, 1.82) is 0 Å². The van der Waals surface area contributed by atoms with Crippen LogP contribution in [-0.4, -0.2) is 48.6 Å². The zero-order chi connectivity index (χ0) is 19.0. The van der Waals surface area contributed by atoms with Gasteiger partial charge in [-0.3, -0.25) is 9.59 Å². The van der Waals surface area contributed by atoms with Crippen LogP contribution < -0.4 is 10.1 Å². The molecular weight excluding hydrogens is 332 g/mol. The molecule has 0 aliphatic carbocycles. The molecule has 1 N–H and O–H groups in total. The van der Waals surface area contributed by atoms with Crippen LogP contribution in [0.5, 0.6) is 5.75 Å². The normalized spacial score (nSPS) is 19.7. The fourth-order valence-electron chi connectivity index (χ4n) is 3.15. The Labute approximate surface area is 155 Å². The fourth-order valence-corrected chi connectivity index (χ4v) is 3.15. The molecule has 1 fully saturated rings. The molecule has 0 aromatic heterocycles. The maximum atomic E-state index is 12.7. The van der Waals surface area contributed by atoms with Crippen LogP contribution in [-0.2, 0) is 20.9 Å². The fraction of sp³-hybridized carbons (Fsp3) is 0.600. The van der Waals surface area contributed by atoms with Crippen molar-refractivity contribution >= 4 is 11.8 Å². The minimum atomic E-state index is -0.804. The van der Waals surface area contributed by atoms with E-state index < -0.39 is 5.54 Å². The minimum absolute atomic E-state index is 0.0193. The van der Waals surface area contributed by atoms with Crippen LogP contribution in [0.25, 0.3) is 0 Å². The molecule has 0 spiro atoms. The van der Waals surface area contributed by atoms with Gasteiger partial charge in [-0.05, 0) is 51.3 Å². The molecule has 144 valence electrons. The van der Waals surface area contributed by atoms with Crippen LogP contribution in [0.3, 0.4) is 0 Å². The van der Waals surface area contributed by atoms with E-state index in [4.69, 9.17) is 9.47 Å². The van der Waals surface area contributed by atoms with Gasteiger partial charge in [-0.2, -0.15) is 0 Å². The van der Waals surface area contributed by atoms with Gasteiger partial charge in [0, 0.05) is 32.7 Å². The van der Waals surface area contributed by atoms with E-state index in [1.165, 1.54) is 0 Å². The Balaban J connectivity index is 1.98. The largest absolute Gasteiger partial charge is 0.494 e. The first kappa shape index (κ1) is 20.2. The number of carbonyl (C=O) groups excluding carboxylic acids is 2. The monoisotopic (exact) mass is 362 g/mol. The molecule has 2 amide bonds. The van der Waals surface area contributed by atoms with Crippen molar-refractivity contribution in [2.45, 2.75) is 52.1 Å². The van der Waals surface area contributed by atoms with Crippen LogP contribution >= 0.6 is 0 Å². The third-order valence-corrected chi connectivity index (χ3v) is 4.74. The maximum absolute atomic E-state index is 12.7. The first-order valence-corrected chi connectivity index (χ1v) is 9.39. The van der Waals surface area contributed by atoms with Gasteiger partial charge >= 0.3 is 0 Å². The third-order valence-electron chi connectivity index (χ3n) is 4.74. The molecule has 0 radical (unpaired) electrons. The lowest BCUT2D eigenvalue weighted by atomic mass is 9.97. The van der Waals surface area contributed by atoms with Gasteiger partial charge < -0.3 is 19.7 Å². The molecule has 6 heteroatoms. The number of hydrogen-bond acceptors (Lipinski definition) is 4. The molecule has 1 atom stereocenters. The lowest BCUT2D eigenvalue weighted by Crippen LogP contribution is -2.54. The van der Waals surface area contributed by atoms with E-state index in [0.29, 0.717) is 45.8 Å². The lowest BCUT2D eigenvalue weighted by molar-refractivity contribution is -0.141. The van der Waals surface area contributed by atoms with Gasteiger partial charge in [0.1, 0.15) is 11.3 Å². The Morgan fingerprint density at radius 1 is 1.23 bits per heavy atom. The zero-order valence-electron chi connectivity index (χ0n) is 16.0. The molecule has 1 aliphatic heterocycles. The molecule has 0 saturated carbocycles. The second-order valence-electron chi connectivity index (χ2n) is 6.64. The average Bonchev–Trinajstić information content (AvgIpc) is 2.93. The summed E-state index contributed by atoms with van der Waals surface area (Å²) in [6.07, 6.45) is 1.71. The summed E-state index contributed by atoms with van der Waals surface area (Å²) in [5, 5.41) is 2.95. The summed E-state index contributed by atoms with van der Waals surface area (Å²) in [5.41, 5.74) is 0.181. The predicted molar refractivity (Wildman–Crippen MR) is 99.9 cm³/mol. The van der Waals surface area contributed by atoms with Crippen molar-refractivity contribution < 1.29 is 19.1 Å². The van der Waals surface area contributed by atoms with E-state index in [-0.39, 0.29) is 11.8 Å². The number of nitrogens with one attached hydrogen (secondary N) is 1. The van der Waals surface area contributed by atoms with E-state index in [0.717, 1.165) is 17.7 Å². The summed E-state index contributed by atoms with van der Waals surface area (Å²) in [6, 6.07) is 7.67. The Morgan fingerprint density at radius 2 is 1.96 bits per heavy atom. The van der Waals surface area contributed by atoms with Crippen LogP contribution in [0.15, 0.2) is 24.3 Å². The van der Waals surface area contributed by atoms with E-state index in [2.05, 4.69) is 5.32 Å². The molecule has 6 nitrogen and oxygen atoms in total. The van der Waals surface area contributed by atoms with E-state index >= 15 is 0 Å². The SMILES string of the molecule is CCOCCCNC(=O)[C@@]1(C)CCC(=O)N1Cc1ccc(OCC)cc1. The van der Waals surface area contributed by atoms with Gasteiger partial charge in [-0.25, -0.2) is 0 Å². The Hall–Kier alpha value is -2.08. The molecule has 2 rings (SSSR count). The molecule has 1 saturated heterocycles. The Kier molecular flexibility index (Phi) is 7.45. The van der Waals surface area contributed by atoms with E-state index in [1.54, 1.807) is 4.90 Å². The van der Waals surface area contributed by atoms with Gasteiger partial charge in [-0.15, -0.1) is 0 Å². The van der Waals surface area contributed by atoms with Crippen LogP contribution in [0.2, 0.25) is 0 Å². The molecule has 26 heavy (non-hydrogen) atoms. The Morgan fingerprint density at radius 3 is 2.62 bits per heavy atom. The molecule has 1 aromatic carbocycles. The maximum Gasteiger partial charge on any atom is 0.245 e. The molecular formula is C20H30N2O4. The van der Waals surface area contributed by atoms with Crippen molar-refractivity contribution in [2.24, 2.45) is 0 Å². The highest BCUT2D eigenvalue weighted by Gasteiger charge is 2.46. The highest BCUT2D eigenvalue weighted by atomic mass is 16.5. The minimum Gasteiger partial charge on any atom is -0.494 e. The second kappa shape index (κ2) is 9.57. The van der Waals surface area contributed by atoms with E-state index in [1.807, 2.05) is 45.0 Å². The molecule has 0 unspecified atom stereocenters. The van der Waals surface area contributed by atoms with Crippen molar-refractivity contribution in [2.75, 3.05) is 26.4 Å². The average molecular weight is 362 g/mol. The third kappa shape index (κ3) is 4.97. The summed E-state index contributed by atoms with van der Waals surface area (Å²) in [4.78, 5) is 26.8. The van der Waals surface area contributed by atoms with Crippen LogP contribution in [0.1, 0.15) is 45.6 Å². The lowest BCUT2D eigenvalue weighted by Gasteiger charge is -2.34. The van der Waals surface area contributed by atoms with Gasteiger partial charge in [0.25, 0.3) is 0 Å². The van der Waals surface area contributed by atoms with Crippen LogP contribution in [0.4, 0.5) is 0 Å². The second-order valence-corrected chi connectivity index (χ2v) is 6.64. The number of ether oxygens (including phenoxy) is 2. The smallest absolute Gasteiger partial charge is 0.245 e. The van der Waals surface area contributed by atoms with Gasteiger partial charge in [0.2, 0.25) is 11.8 Å². The number of nitrogens with zero attached hydrogens (tertiary/aromatic N) is 1. The van der Waals surface area contributed by atoms with Crippen LogP contribution in [0, 0.1) is 0 Å². The number of hydrogen-bond donors (Lipinski definition) is 1. The molecule has 1 heterocycles. The van der Waals surface area contributed by atoms with Gasteiger partial charge in [0.05, 0.1) is 6.61 Å². The Bertz CT molecular complexity index is 602. The summed E-state index contributed by atoms with van der Waals surface area (Å²) in [6.45, 7) is 8.64. The molecule has 0 bridgehead atoms. The first-order valence-electron chi connectivity index (χ1n) is 9.39. The number of rotatable bonds is 10. The van der Waals surface area contributed by atoms with Crippen molar-refractivity contribution in [3.63, 3.8) is 0 Å². The molecule has 1 aliphatic rings. The van der Waals surface area contributed by atoms with Gasteiger partial charge in [0.15, 0.2) is 0 Å². The highest BCUT2D eigenvalue weighted by Crippen LogP contribution is 2.32. The first-order chi connectivity index (χ1) is 12.5. The number of amides is 2. The summed E-state index contributed by atoms with van der Waals surface area (Å²) < 4.78 is 10.7. The zero-order valence-corrected chi connectivity index (χ0v) is 16.0. The molecule has 1 aromatic rings.